The molecule has 84 valence electrons. The molecule has 1 N–H and O–H groups in total. The molecular weight excluding hydrogens is 208 g/mol. The minimum Gasteiger partial charge on any atom is -0.364 e. The van der Waals surface area contributed by atoms with Gasteiger partial charge in [-0.3, -0.25) is 0 Å². The van der Waals surface area contributed by atoms with Gasteiger partial charge in [-0.15, -0.1) is 0 Å². The van der Waals surface area contributed by atoms with Crippen LogP contribution in [-0.2, 0) is 6.54 Å². The molecule has 1 unspecified atom stereocenters. The van der Waals surface area contributed by atoms with Crippen LogP contribution in [0.1, 0.15) is 26.0 Å². The van der Waals surface area contributed by atoms with Gasteiger partial charge in [0.05, 0.1) is 5.69 Å². The van der Waals surface area contributed by atoms with E-state index in [2.05, 4.69) is 24.3 Å². The Hall–Kier alpha value is -0.480. The lowest BCUT2D eigenvalue weighted by atomic mass is 9.82. The van der Waals surface area contributed by atoms with Gasteiger partial charge >= 0.3 is 0 Å². The number of hydrogen-bond donors (Lipinski definition) is 1. The number of rotatable bonds is 3. The molecule has 2 rings (SSSR count). The maximum Gasteiger partial charge on any atom is 0.124 e. The average Bonchev–Trinajstić information content (AvgIpc) is 2.68. The molecule has 1 aromatic rings. The van der Waals surface area contributed by atoms with Crippen LogP contribution in [0.2, 0.25) is 0 Å². The van der Waals surface area contributed by atoms with Gasteiger partial charge in [-0.05, 0) is 17.6 Å². The van der Waals surface area contributed by atoms with E-state index in [4.69, 9.17) is 4.52 Å². The number of aromatic nitrogens is 1. The third kappa shape index (κ3) is 2.75. The normalized spacial score (nSPS) is 25.3. The van der Waals surface area contributed by atoms with E-state index in [1.807, 2.05) is 17.8 Å². The second-order valence-electron chi connectivity index (χ2n) is 4.74. The van der Waals surface area contributed by atoms with Gasteiger partial charge in [-0.25, -0.2) is 0 Å². The van der Waals surface area contributed by atoms with Crippen LogP contribution in [0.3, 0.4) is 0 Å². The van der Waals surface area contributed by atoms with Gasteiger partial charge in [0.15, 0.2) is 0 Å². The SMILES string of the molecule is CC1(C)CCSCC1NCc1ccon1. The molecule has 0 saturated carbocycles. The Labute approximate surface area is 95.0 Å². The van der Waals surface area contributed by atoms with E-state index >= 15 is 0 Å². The van der Waals surface area contributed by atoms with E-state index in [1.165, 1.54) is 17.9 Å². The molecule has 0 spiro atoms. The standard InChI is InChI=1S/C11H18N2OS/c1-11(2)4-6-15-8-10(11)12-7-9-3-5-14-13-9/h3,5,10,12H,4,6-8H2,1-2H3. The molecule has 4 heteroatoms. The highest BCUT2D eigenvalue weighted by molar-refractivity contribution is 7.99. The minimum absolute atomic E-state index is 0.398. The third-order valence-corrected chi connectivity index (χ3v) is 4.20. The van der Waals surface area contributed by atoms with Crippen molar-refractivity contribution in [3.05, 3.63) is 18.0 Å². The smallest absolute Gasteiger partial charge is 0.124 e. The van der Waals surface area contributed by atoms with Crippen molar-refractivity contribution in [2.45, 2.75) is 32.9 Å². The van der Waals surface area contributed by atoms with Crippen LogP contribution in [-0.4, -0.2) is 22.7 Å². The maximum absolute atomic E-state index is 4.81. The van der Waals surface area contributed by atoms with E-state index in [0.717, 1.165) is 12.2 Å². The first-order chi connectivity index (χ1) is 7.18. The molecule has 1 aromatic heterocycles. The summed E-state index contributed by atoms with van der Waals surface area (Å²) in [6.07, 6.45) is 2.91. The maximum atomic E-state index is 4.81. The van der Waals surface area contributed by atoms with E-state index in [1.54, 1.807) is 6.26 Å². The van der Waals surface area contributed by atoms with Crippen LogP contribution < -0.4 is 5.32 Å². The fourth-order valence-electron chi connectivity index (χ4n) is 1.83. The number of nitrogens with zero attached hydrogens (tertiary/aromatic N) is 1. The van der Waals surface area contributed by atoms with Crippen molar-refractivity contribution in [1.82, 2.24) is 10.5 Å². The quantitative estimate of drug-likeness (QED) is 0.858. The summed E-state index contributed by atoms with van der Waals surface area (Å²) >= 11 is 2.04. The molecule has 0 aliphatic carbocycles. The van der Waals surface area contributed by atoms with Crippen LogP contribution in [0.25, 0.3) is 0 Å². The Balaban J connectivity index is 1.88. The van der Waals surface area contributed by atoms with Gasteiger partial charge in [0.2, 0.25) is 0 Å². The summed E-state index contributed by atoms with van der Waals surface area (Å²) in [5.41, 5.74) is 1.39. The van der Waals surface area contributed by atoms with Crippen molar-refractivity contribution in [3.8, 4) is 0 Å². The summed E-state index contributed by atoms with van der Waals surface area (Å²) in [4.78, 5) is 0. The van der Waals surface area contributed by atoms with Crippen molar-refractivity contribution < 1.29 is 4.52 Å². The zero-order valence-electron chi connectivity index (χ0n) is 9.32. The van der Waals surface area contributed by atoms with Crippen LogP contribution >= 0.6 is 11.8 Å². The predicted octanol–water partition coefficient (Wildman–Crippen LogP) is 2.30. The Bertz CT molecular complexity index is 298. The molecular formula is C11H18N2OS. The fourth-order valence-corrected chi connectivity index (χ4v) is 3.47. The minimum atomic E-state index is 0.398. The van der Waals surface area contributed by atoms with Crippen molar-refractivity contribution in [3.63, 3.8) is 0 Å². The second-order valence-corrected chi connectivity index (χ2v) is 5.89. The predicted molar refractivity (Wildman–Crippen MR) is 62.9 cm³/mol. The molecule has 0 radical (unpaired) electrons. The van der Waals surface area contributed by atoms with Gasteiger partial charge in [-0.2, -0.15) is 11.8 Å². The Kier molecular flexibility index (Phi) is 3.36. The molecule has 1 aliphatic heterocycles. The Morgan fingerprint density at radius 2 is 2.53 bits per heavy atom. The summed E-state index contributed by atoms with van der Waals surface area (Å²) in [5, 5.41) is 7.48. The third-order valence-electron chi connectivity index (χ3n) is 3.14. The van der Waals surface area contributed by atoms with Crippen molar-refractivity contribution in [1.29, 1.82) is 0 Å². The highest BCUT2D eigenvalue weighted by Crippen LogP contribution is 2.34. The van der Waals surface area contributed by atoms with E-state index in [-0.39, 0.29) is 0 Å². The first-order valence-electron chi connectivity index (χ1n) is 5.39. The van der Waals surface area contributed by atoms with Crippen molar-refractivity contribution in [2.75, 3.05) is 11.5 Å². The fraction of sp³-hybridized carbons (Fsp3) is 0.727. The molecule has 2 heterocycles. The summed E-state index contributed by atoms with van der Waals surface area (Å²) in [6.45, 7) is 5.49. The highest BCUT2D eigenvalue weighted by atomic mass is 32.2. The largest absolute Gasteiger partial charge is 0.364 e. The van der Waals surface area contributed by atoms with Crippen LogP contribution in [0.5, 0.6) is 0 Å². The lowest BCUT2D eigenvalue weighted by molar-refractivity contribution is 0.243. The zero-order chi connectivity index (χ0) is 10.7. The van der Waals surface area contributed by atoms with Gasteiger partial charge in [0.1, 0.15) is 6.26 Å². The lowest BCUT2D eigenvalue weighted by Gasteiger charge is -2.38. The summed E-state index contributed by atoms with van der Waals surface area (Å²) in [6, 6.07) is 2.49. The number of hydrogen-bond acceptors (Lipinski definition) is 4. The molecule has 0 aromatic carbocycles. The highest BCUT2D eigenvalue weighted by Gasteiger charge is 2.32. The average molecular weight is 226 g/mol. The topological polar surface area (TPSA) is 38.1 Å². The van der Waals surface area contributed by atoms with Crippen LogP contribution in [0, 0.1) is 5.41 Å². The first-order valence-corrected chi connectivity index (χ1v) is 6.54. The van der Waals surface area contributed by atoms with Crippen LogP contribution in [0.4, 0.5) is 0 Å². The molecule has 1 aliphatic rings. The van der Waals surface area contributed by atoms with E-state index in [0.29, 0.717) is 11.5 Å². The van der Waals surface area contributed by atoms with Crippen molar-refractivity contribution in [2.24, 2.45) is 5.41 Å². The van der Waals surface area contributed by atoms with Crippen molar-refractivity contribution >= 4 is 11.8 Å². The molecule has 1 fully saturated rings. The van der Waals surface area contributed by atoms with Gasteiger partial charge in [0, 0.05) is 24.4 Å². The summed E-state index contributed by atoms with van der Waals surface area (Å²) in [5.74, 6) is 2.49. The number of nitrogens with one attached hydrogen (secondary N) is 1. The first kappa shape index (κ1) is 11.0. The summed E-state index contributed by atoms with van der Waals surface area (Å²) in [7, 11) is 0. The molecule has 0 amide bonds. The Morgan fingerprint density at radius 3 is 3.20 bits per heavy atom. The molecule has 3 nitrogen and oxygen atoms in total. The van der Waals surface area contributed by atoms with E-state index in [9.17, 15) is 0 Å². The molecule has 15 heavy (non-hydrogen) atoms. The van der Waals surface area contributed by atoms with Gasteiger partial charge < -0.3 is 9.84 Å². The Morgan fingerprint density at radius 1 is 1.67 bits per heavy atom. The molecule has 0 bridgehead atoms. The van der Waals surface area contributed by atoms with Crippen LogP contribution in [0.15, 0.2) is 16.9 Å². The summed E-state index contributed by atoms with van der Waals surface area (Å²) < 4.78 is 4.81. The zero-order valence-corrected chi connectivity index (χ0v) is 10.1. The van der Waals surface area contributed by atoms with Gasteiger partial charge in [0.25, 0.3) is 0 Å². The number of thioether (sulfide) groups is 1. The van der Waals surface area contributed by atoms with E-state index < -0.39 is 0 Å². The second kappa shape index (κ2) is 4.58. The lowest BCUT2D eigenvalue weighted by Crippen LogP contribution is -2.46. The van der Waals surface area contributed by atoms with Gasteiger partial charge in [-0.1, -0.05) is 19.0 Å². The molecule has 1 saturated heterocycles. The monoisotopic (exact) mass is 226 g/mol. The molecule has 1 atom stereocenters.